The quantitative estimate of drug-likeness (QED) is 0.776. The number of benzene rings is 1. The van der Waals surface area contributed by atoms with Crippen molar-refractivity contribution < 1.29 is 14.6 Å². The summed E-state index contributed by atoms with van der Waals surface area (Å²) in [6.07, 6.45) is 2.06. The number of carboxylic acids is 1. The maximum Gasteiger partial charge on any atom is 0.328 e. The Morgan fingerprint density at radius 3 is 2.75 bits per heavy atom. The summed E-state index contributed by atoms with van der Waals surface area (Å²) in [7, 11) is 0. The maximum atomic E-state index is 10.4. The van der Waals surface area contributed by atoms with Crippen LogP contribution in [0.5, 0.6) is 5.75 Å². The molecule has 1 N–H and O–H groups in total. The summed E-state index contributed by atoms with van der Waals surface area (Å²) in [5, 5.41) is 8.55. The SMILES string of the molecule is CCc1ccccc1OCC(C)=CC(=O)O. The highest BCUT2D eigenvalue weighted by Gasteiger charge is 2.01. The predicted octanol–water partition coefficient (Wildman–Crippen LogP) is 2.66. The van der Waals surface area contributed by atoms with E-state index in [1.165, 1.54) is 0 Å². The molecule has 0 saturated carbocycles. The molecule has 16 heavy (non-hydrogen) atoms. The van der Waals surface area contributed by atoms with Gasteiger partial charge in [-0.2, -0.15) is 0 Å². The standard InChI is InChI=1S/C13H16O3/c1-3-11-6-4-5-7-12(11)16-9-10(2)8-13(14)15/h4-8H,3,9H2,1-2H3,(H,14,15). The van der Waals surface area contributed by atoms with E-state index in [9.17, 15) is 4.79 Å². The molecular weight excluding hydrogens is 204 g/mol. The molecule has 0 heterocycles. The highest BCUT2D eigenvalue weighted by Crippen LogP contribution is 2.18. The number of ether oxygens (including phenoxy) is 1. The van der Waals surface area contributed by atoms with E-state index >= 15 is 0 Å². The Balaban J connectivity index is 2.64. The molecule has 0 saturated heterocycles. The van der Waals surface area contributed by atoms with Crippen molar-refractivity contribution in [2.24, 2.45) is 0 Å². The van der Waals surface area contributed by atoms with Crippen LogP contribution < -0.4 is 4.74 Å². The lowest BCUT2D eigenvalue weighted by Gasteiger charge is -2.09. The van der Waals surface area contributed by atoms with Gasteiger partial charge in [0, 0.05) is 6.08 Å². The molecular formula is C13H16O3. The molecule has 0 bridgehead atoms. The van der Waals surface area contributed by atoms with E-state index in [0.29, 0.717) is 12.2 Å². The Bertz CT molecular complexity index is 394. The fraction of sp³-hybridized carbons (Fsp3) is 0.308. The lowest BCUT2D eigenvalue weighted by Crippen LogP contribution is -2.03. The maximum absolute atomic E-state index is 10.4. The lowest BCUT2D eigenvalue weighted by atomic mass is 10.1. The first-order chi connectivity index (χ1) is 7.63. The average molecular weight is 220 g/mol. The van der Waals surface area contributed by atoms with Crippen LogP contribution in [-0.4, -0.2) is 17.7 Å². The van der Waals surface area contributed by atoms with Gasteiger partial charge in [-0.25, -0.2) is 4.79 Å². The second-order valence-electron chi connectivity index (χ2n) is 3.58. The van der Waals surface area contributed by atoms with Gasteiger partial charge in [0.1, 0.15) is 12.4 Å². The number of para-hydroxylation sites is 1. The number of aryl methyl sites for hydroxylation is 1. The molecule has 0 fully saturated rings. The van der Waals surface area contributed by atoms with Gasteiger partial charge in [0.15, 0.2) is 0 Å². The molecule has 3 heteroatoms. The highest BCUT2D eigenvalue weighted by molar-refractivity contribution is 5.80. The van der Waals surface area contributed by atoms with Crippen LogP contribution in [0.15, 0.2) is 35.9 Å². The molecule has 0 unspecified atom stereocenters. The summed E-state index contributed by atoms with van der Waals surface area (Å²) in [5.74, 6) is -0.118. The molecule has 1 rings (SSSR count). The van der Waals surface area contributed by atoms with Gasteiger partial charge in [0.05, 0.1) is 0 Å². The van der Waals surface area contributed by atoms with Crippen LogP contribution in [0.25, 0.3) is 0 Å². The minimum absolute atomic E-state index is 0.309. The minimum Gasteiger partial charge on any atom is -0.489 e. The number of hydrogen-bond acceptors (Lipinski definition) is 2. The van der Waals surface area contributed by atoms with Gasteiger partial charge in [-0.3, -0.25) is 0 Å². The molecule has 86 valence electrons. The van der Waals surface area contributed by atoms with Crippen molar-refractivity contribution in [1.82, 2.24) is 0 Å². The van der Waals surface area contributed by atoms with Crippen molar-refractivity contribution in [3.8, 4) is 5.75 Å². The Morgan fingerprint density at radius 2 is 2.12 bits per heavy atom. The Labute approximate surface area is 95.4 Å². The highest BCUT2D eigenvalue weighted by atomic mass is 16.5. The van der Waals surface area contributed by atoms with Gasteiger partial charge in [-0.1, -0.05) is 25.1 Å². The normalized spacial score (nSPS) is 11.2. The average Bonchev–Trinajstić information content (AvgIpc) is 2.26. The Hall–Kier alpha value is -1.77. The zero-order valence-corrected chi connectivity index (χ0v) is 9.56. The lowest BCUT2D eigenvalue weighted by molar-refractivity contribution is -0.131. The van der Waals surface area contributed by atoms with E-state index in [1.54, 1.807) is 6.92 Å². The topological polar surface area (TPSA) is 46.5 Å². The number of carbonyl (C=O) groups is 1. The molecule has 3 nitrogen and oxygen atoms in total. The van der Waals surface area contributed by atoms with Gasteiger partial charge < -0.3 is 9.84 Å². The Kier molecular flexibility index (Phi) is 4.58. The van der Waals surface area contributed by atoms with Crippen LogP contribution in [0.3, 0.4) is 0 Å². The van der Waals surface area contributed by atoms with Crippen LogP contribution in [0.2, 0.25) is 0 Å². The smallest absolute Gasteiger partial charge is 0.328 e. The minimum atomic E-state index is -0.940. The molecule has 0 aliphatic heterocycles. The van der Waals surface area contributed by atoms with Crippen LogP contribution in [0, 0.1) is 0 Å². The van der Waals surface area contributed by atoms with Crippen molar-refractivity contribution in [2.75, 3.05) is 6.61 Å². The summed E-state index contributed by atoms with van der Waals surface area (Å²) in [4.78, 5) is 10.4. The molecule has 0 spiro atoms. The third-order valence-corrected chi connectivity index (χ3v) is 2.18. The van der Waals surface area contributed by atoms with E-state index in [0.717, 1.165) is 23.8 Å². The molecule has 1 aromatic rings. The fourth-order valence-corrected chi connectivity index (χ4v) is 1.38. The van der Waals surface area contributed by atoms with E-state index in [-0.39, 0.29) is 0 Å². The third kappa shape index (κ3) is 3.77. The summed E-state index contributed by atoms with van der Waals surface area (Å²) in [6, 6.07) is 7.77. The zero-order chi connectivity index (χ0) is 12.0. The number of hydrogen-bond donors (Lipinski definition) is 1. The molecule has 0 radical (unpaired) electrons. The number of aliphatic carboxylic acids is 1. The zero-order valence-electron chi connectivity index (χ0n) is 9.56. The van der Waals surface area contributed by atoms with Crippen molar-refractivity contribution in [3.63, 3.8) is 0 Å². The van der Waals surface area contributed by atoms with Gasteiger partial charge in [0.2, 0.25) is 0 Å². The summed E-state index contributed by atoms with van der Waals surface area (Å²) in [5.41, 5.74) is 1.82. The first kappa shape index (κ1) is 12.3. The van der Waals surface area contributed by atoms with E-state index in [1.807, 2.05) is 24.3 Å². The van der Waals surface area contributed by atoms with Crippen LogP contribution in [-0.2, 0) is 11.2 Å². The Morgan fingerprint density at radius 1 is 1.44 bits per heavy atom. The van der Waals surface area contributed by atoms with Crippen LogP contribution in [0.4, 0.5) is 0 Å². The van der Waals surface area contributed by atoms with E-state index in [4.69, 9.17) is 9.84 Å². The van der Waals surface area contributed by atoms with Gasteiger partial charge >= 0.3 is 5.97 Å². The molecule has 1 aromatic carbocycles. The predicted molar refractivity (Wildman–Crippen MR) is 62.7 cm³/mol. The number of carboxylic acid groups (broad SMARTS) is 1. The molecule has 0 aliphatic rings. The van der Waals surface area contributed by atoms with Crippen LogP contribution in [0.1, 0.15) is 19.4 Å². The van der Waals surface area contributed by atoms with Crippen molar-refractivity contribution in [3.05, 3.63) is 41.5 Å². The van der Waals surface area contributed by atoms with Gasteiger partial charge in [0.25, 0.3) is 0 Å². The van der Waals surface area contributed by atoms with E-state index in [2.05, 4.69) is 6.92 Å². The van der Waals surface area contributed by atoms with Crippen LogP contribution >= 0.6 is 0 Å². The first-order valence-electron chi connectivity index (χ1n) is 5.24. The first-order valence-corrected chi connectivity index (χ1v) is 5.24. The van der Waals surface area contributed by atoms with Gasteiger partial charge in [-0.05, 0) is 30.5 Å². The van der Waals surface area contributed by atoms with E-state index < -0.39 is 5.97 Å². The summed E-state index contributed by atoms with van der Waals surface area (Å²) in [6.45, 7) is 4.11. The summed E-state index contributed by atoms with van der Waals surface area (Å²) < 4.78 is 5.56. The van der Waals surface area contributed by atoms with Gasteiger partial charge in [-0.15, -0.1) is 0 Å². The molecule has 0 amide bonds. The molecule has 0 aliphatic carbocycles. The molecule has 0 atom stereocenters. The largest absolute Gasteiger partial charge is 0.489 e. The van der Waals surface area contributed by atoms with Crippen molar-refractivity contribution in [1.29, 1.82) is 0 Å². The van der Waals surface area contributed by atoms with Crippen molar-refractivity contribution in [2.45, 2.75) is 20.3 Å². The number of rotatable bonds is 5. The second-order valence-corrected chi connectivity index (χ2v) is 3.58. The molecule has 0 aromatic heterocycles. The summed E-state index contributed by atoms with van der Waals surface area (Å²) >= 11 is 0. The van der Waals surface area contributed by atoms with Crippen molar-refractivity contribution >= 4 is 5.97 Å². The monoisotopic (exact) mass is 220 g/mol. The third-order valence-electron chi connectivity index (χ3n) is 2.18. The fourth-order valence-electron chi connectivity index (χ4n) is 1.38. The second kappa shape index (κ2) is 5.95.